The topological polar surface area (TPSA) is 110 Å². The van der Waals surface area contributed by atoms with Gasteiger partial charge in [0.2, 0.25) is 0 Å². The fourth-order valence-electron chi connectivity index (χ4n) is 4.00. The third kappa shape index (κ3) is 6.38. The first kappa shape index (κ1) is 27.2. The van der Waals surface area contributed by atoms with Gasteiger partial charge in [-0.25, -0.2) is 9.78 Å². The van der Waals surface area contributed by atoms with Crippen LogP contribution in [-0.2, 0) is 17.4 Å². The van der Waals surface area contributed by atoms with E-state index in [1.54, 1.807) is 30.3 Å². The van der Waals surface area contributed by atoms with Gasteiger partial charge in [0, 0.05) is 29.1 Å². The highest BCUT2D eigenvalue weighted by Gasteiger charge is 2.34. The van der Waals surface area contributed by atoms with E-state index < -0.39 is 29.7 Å². The van der Waals surface area contributed by atoms with Crippen LogP contribution in [0.3, 0.4) is 0 Å². The zero-order chi connectivity index (χ0) is 28.2. The van der Waals surface area contributed by atoms with Crippen LogP contribution >= 0.6 is 0 Å². The Morgan fingerprint density at radius 2 is 1.59 bits per heavy atom. The second-order valence-corrected chi connectivity index (χ2v) is 8.53. The number of anilines is 2. The number of carbonyl (C=O) groups is 2. The number of hydrogen-bond acceptors (Lipinski definition) is 6. The van der Waals surface area contributed by atoms with Crippen molar-refractivity contribution in [1.29, 1.82) is 0 Å². The number of alkyl halides is 3. The van der Waals surface area contributed by atoms with E-state index in [1.165, 1.54) is 50.6 Å². The molecule has 1 amide bonds. The summed E-state index contributed by atoms with van der Waals surface area (Å²) in [7, 11) is 2.70. The number of carbonyl (C=O) groups excluding carboxylic acids is 1. The molecule has 1 heterocycles. The minimum atomic E-state index is -4.67. The molecular weight excluding hydrogens is 515 g/mol. The van der Waals surface area contributed by atoms with E-state index in [4.69, 9.17) is 9.47 Å². The number of amides is 1. The maximum absolute atomic E-state index is 13.9. The van der Waals surface area contributed by atoms with Gasteiger partial charge in [-0.15, -0.1) is 0 Å². The lowest BCUT2D eigenvalue weighted by Crippen LogP contribution is -2.42. The van der Waals surface area contributed by atoms with Crippen LogP contribution < -0.4 is 20.1 Å². The Morgan fingerprint density at radius 3 is 2.18 bits per heavy atom. The van der Waals surface area contributed by atoms with Crippen LogP contribution in [0.1, 0.15) is 21.5 Å². The monoisotopic (exact) mass is 539 g/mol. The van der Waals surface area contributed by atoms with E-state index in [1.807, 2.05) is 0 Å². The number of halogens is 3. The SMILES string of the molecule is COc1cc2nc(Nc3ccc(C(=O)N[C@@H](Cc4ccccc4)C(=O)O)cc3)cc(C(F)(F)F)c2cc1OC. The number of methoxy groups -OCH3 is 2. The van der Waals surface area contributed by atoms with Crippen molar-refractivity contribution in [3.05, 3.63) is 89.5 Å². The zero-order valence-corrected chi connectivity index (χ0v) is 20.9. The largest absolute Gasteiger partial charge is 0.493 e. The molecule has 0 saturated heterocycles. The van der Waals surface area contributed by atoms with E-state index in [-0.39, 0.29) is 40.2 Å². The number of rotatable bonds is 9. The molecule has 0 radical (unpaired) electrons. The van der Waals surface area contributed by atoms with Crippen LogP contribution in [0, 0.1) is 0 Å². The summed E-state index contributed by atoms with van der Waals surface area (Å²) in [4.78, 5) is 28.6. The van der Waals surface area contributed by atoms with Crippen molar-refractivity contribution < 1.29 is 37.3 Å². The minimum Gasteiger partial charge on any atom is -0.493 e. The molecule has 0 bridgehead atoms. The highest BCUT2D eigenvalue weighted by Crippen LogP contribution is 2.40. The van der Waals surface area contributed by atoms with Gasteiger partial charge >= 0.3 is 12.1 Å². The van der Waals surface area contributed by atoms with Crippen LogP contribution in [0.2, 0.25) is 0 Å². The Morgan fingerprint density at radius 1 is 0.949 bits per heavy atom. The first-order valence-electron chi connectivity index (χ1n) is 11.7. The van der Waals surface area contributed by atoms with Gasteiger partial charge in [0.25, 0.3) is 5.91 Å². The predicted molar refractivity (Wildman–Crippen MR) is 139 cm³/mol. The van der Waals surface area contributed by atoms with Crippen molar-refractivity contribution in [3.8, 4) is 11.5 Å². The molecule has 4 rings (SSSR count). The highest BCUT2D eigenvalue weighted by atomic mass is 19.4. The first-order chi connectivity index (χ1) is 18.6. The number of fused-ring (bicyclic) bond motifs is 1. The van der Waals surface area contributed by atoms with Crippen molar-refractivity contribution in [3.63, 3.8) is 0 Å². The molecule has 39 heavy (non-hydrogen) atoms. The third-order valence-electron chi connectivity index (χ3n) is 5.92. The number of aromatic nitrogens is 1. The van der Waals surface area contributed by atoms with Gasteiger partial charge in [-0.1, -0.05) is 30.3 Å². The quantitative estimate of drug-likeness (QED) is 0.260. The number of benzene rings is 3. The molecule has 8 nitrogen and oxygen atoms in total. The molecule has 4 aromatic rings. The molecule has 0 aliphatic heterocycles. The molecule has 3 aromatic carbocycles. The van der Waals surface area contributed by atoms with Crippen molar-refractivity contribution in [1.82, 2.24) is 10.3 Å². The molecule has 0 aliphatic rings. The van der Waals surface area contributed by atoms with Gasteiger partial charge in [-0.2, -0.15) is 13.2 Å². The summed E-state index contributed by atoms with van der Waals surface area (Å²) in [6, 6.07) is 17.0. The molecule has 202 valence electrons. The Bertz CT molecular complexity index is 1490. The van der Waals surface area contributed by atoms with Gasteiger partial charge in [-0.05, 0) is 42.0 Å². The van der Waals surface area contributed by atoms with Gasteiger partial charge in [0.1, 0.15) is 11.9 Å². The normalized spacial score (nSPS) is 12.0. The Hall–Kier alpha value is -4.80. The lowest BCUT2D eigenvalue weighted by molar-refractivity contribution is -0.139. The summed E-state index contributed by atoms with van der Waals surface area (Å²) in [5.41, 5.74) is 0.427. The second-order valence-electron chi connectivity index (χ2n) is 8.53. The lowest BCUT2D eigenvalue weighted by atomic mass is 10.1. The van der Waals surface area contributed by atoms with E-state index >= 15 is 0 Å². The maximum Gasteiger partial charge on any atom is 0.417 e. The van der Waals surface area contributed by atoms with E-state index in [9.17, 15) is 27.9 Å². The zero-order valence-electron chi connectivity index (χ0n) is 20.9. The number of aliphatic carboxylic acids is 1. The minimum absolute atomic E-state index is 0.0408. The van der Waals surface area contributed by atoms with Crippen LogP contribution in [0.5, 0.6) is 11.5 Å². The van der Waals surface area contributed by atoms with E-state index in [0.717, 1.165) is 11.6 Å². The van der Waals surface area contributed by atoms with Crippen molar-refractivity contribution in [2.75, 3.05) is 19.5 Å². The molecule has 0 spiro atoms. The standard InChI is InChI=1S/C28H24F3N3O5/c1-38-23-13-19-20(28(29,30)31)14-25(33-21(19)15-24(23)39-2)32-18-10-8-17(9-11-18)26(35)34-22(27(36)37)12-16-6-4-3-5-7-16/h3-11,13-15,22H,12H2,1-2H3,(H,32,33)(H,34,35)(H,36,37)/t22-/m0/s1. The molecule has 0 unspecified atom stereocenters. The molecule has 11 heteroatoms. The lowest BCUT2D eigenvalue weighted by Gasteiger charge is -2.16. The summed E-state index contributed by atoms with van der Waals surface area (Å²) in [5.74, 6) is -1.49. The van der Waals surface area contributed by atoms with Gasteiger partial charge in [0.05, 0.1) is 25.3 Å². The number of hydrogen-bond donors (Lipinski definition) is 3. The first-order valence-corrected chi connectivity index (χ1v) is 11.7. The summed E-state index contributed by atoms with van der Waals surface area (Å²) in [6.07, 6.45) is -4.56. The van der Waals surface area contributed by atoms with Crippen molar-refractivity contribution in [2.24, 2.45) is 0 Å². The van der Waals surface area contributed by atoms with Crippen LogP contribution in [0.25, 0.3) is 10.9 Å². The molecule has 0 saturated carbocycles. The molecule has 3 N–H and O–H groups in total. The summed E-state index contributed by atoms with van der Waals surface area (Å²) >= 11 is 0. The smallest absolute Gasteiger partial charge is 0.417 e. The van der Waals surface area contributed by atoms with Crippen molar-refractivity contribution >= 4 is 34.3 Å². The van der Waals surface area contributed by atoms with Gasteiger partial charge in [0.15, 0.2) is 11.5 Å². The average Bonchev–Trinajstić information content (AvgIpc) is 2.91. The Labute approximate surface area is 221 Å². The molecule has 1 aromatic heterocycles. The Balaban J connectivity index is 1.55. The molecule has 1 atom stereocenters. The molecule has 0 fully saturated rings. The van der Waals surface area contributed by atoms with E-state index in [0.29, 0.717) is 5.69 Å². The summed E-state index contributed by atoms with van der Waals surface area (Å²) in [5, 5.41) is 14.7. The number of nitrogens with zero attached hydrogens (tertiary/aromatic N) is 1. The average molecular weight is 540 g/mol. The molecular formula is C28H24F3N3O5. The Kier molecular flexibility index (Phi) is 7.89. The van der Waals surface area contributed by atoms with Crippen LogP contribution in [0.4, 0.5) is 24.7 Å². The second kappa shape index (κ2) is 11.3. The number of nitrogens with one attached hydrogen (secondary N) is 2. The highest BCUT2D eigenvalue weighted by molar-refractivity contribution is 5.97. The van der Waals surface area contributed by atoms with Crippen LogP contribution in [-0.4, -0.2) is 42.2 Å². The van der Waals surface area contributed by atoms with Gasteiger partial charge < -0.3 is 25.2 Å². The van der Waals surface area contributed by atoms with Gasteiger partial charge in [-0.3, -0.25) is 4.79 Å². The number of carboxylic acid groups (broad SMARTS) is 1. The fourth-order valence-corrected chi connectivity index (χ4v) is 4.00. The number of ether oxygens (including phenoxy) is 2. The van der Waals surface area contributed by atoms with Crippen LogP contribution in [0.15, 0.2) is 72.8 Å². The maximum atomic E-state index is 13.9. The van der Waals surface area contributed by atoms with Crippen molar-refractivity contribution in [2.45, 2.75) is 18.6 Å². The van der Waals surface area contributed by atoms with E-state index in [2.05, 4.69) is 15.6 Å². The summed E-state index contributed by atoms with van der Waals surface area (Å²) in [6.45, 7) is 0. The number of pyridine rings is 1. The summed E-state index contributed by atoms with van der Waals surface area (Å²) < 4.78 is 52.0. The molecule has 0 aliphatic carbocycles. The third-order valence-corrected chi connectivity index (χ3v) is 5.92. The predicted octanol–water partition coefficient (Wildman–Crippen LogP) is 5.44. The fraction of sp³-hybridized carbons (Fsp3) is 0.179. The number of carboxylic acids is 1.